The number of aliphatic imine (C=N–C) groups is 1. The van der Waals surface area contributed by atoms with E-state index in [1.165, 1.54) is 12.5 Å². The molecule has 0 aliphatic rings. The van der Waals surface area contributed by atoms with Gasteiger partial charge in [0.05, 0.1) is 10.9 Å². The first-order chi connectivity index (χ1) is 10.5. The van der Waals surface area contributed by atoms with E-state index in [4.69, 9.17) is 4.42 Å². The van der Waals surface area contributed by atoms with Crippen LogP contribution in [0, 0.1) is 3.57 Å². The second kappa shape index (κ2) is 5.72. The zero-order chi connectivity index (χ0) is 15.7. The van der Waals surface area contributed by atoms with Gasteiger partial charge >= 0.3 is 5.69 Å². The lowest BCUT2D eigenvalue weighted by atomic mass is 10.2. The molecule has 3 rings (SSSR count). The number of nitrogens with zero attached hydrogens (tertiary/aromatic N) is 1. The van der Waals surface area contributed by atoms with Crippen molar-refractivity contribution in [3.8, 4) is 0 Å². The zero-order valence-corrected chi connectivity index (χ0v) is 13.1. The smallest absolute Gasteiger partial charge is 0.327 e. The summed E-state index contributed by atoms with van der Waals surface area (Å²) >= 11 is 2.12. The van der Waals surface area contributed by atoms with Crippen LogP contribution in [-0.2, 0) is 0 Å². The van der Waals surface area contributed by atoms with Crippen LogP contribution in [0.5, 0.6) is 0 Å². The van der Waals surface area contributed by atoms with Gasteiger partial charge in [0.25, 0.3) is 5.56 Å². The Labute approximate surface area is 135 Å². The Morgan fingerprint density at radius 3 is 2.73 bits per heavy atom. The minimum atomic E-state index is -0.667. The highest BCUT2D eigenvalue weighted by atomic mass is 127. The fourth-order valence-electron chi connectivity index (χ4n) is 1.87. The molecular weight excluding hydrogens is 401 g/mol. The van der Waals surface area contributed by atoms with Gasteiger partial charge in [-0.1, -0.05) is 0 Å². The highest BCUT2D eigenvalue weighted by molar-refractivity contribution is 14.1. The average Bonchev–Trinajstić information content (AvgIpc) is 2.45. The Morgan fingerprint density at radius 2 is 1.95 bits per heavy atom. The topological polar surface area (TPSA) is 108 Å². The molecule has 0 bridgehead atoms. The van der Waals surface area contributed by atoms with E-state index in [1.54, 1.807) is 18.2 Å². The lowest BCUT2D eigenvalue weighted by Gasteiger charge is -1.99. The summed E-state index contributed by atoms with van der Waals surface area (Å²) < 4.78 is 6.36. The minimum absolute atomic E-state index is 0.0517. The van der Waals surface area contributed by atoms with Crippen molar-refractivity contribution in [1.82, 2.24) is 9.97 Å². The van der Waals surface area contributed by atoms with Gasteiger partial charge in [0.15, 0.2) is 0 Å². The van der Waals surface area contributed by atoms with E-state index in [0.717, 1.165) is 9.64 Å². The maximum atomic E-state index is 12.3. The molecule has 0 aliphatic carbocycles. The van der Waals surface area contributed by atoms with Crippen LogP contribution in [0.4, 0.5) is 5.82 Å². The molecule has 2 N–H and O–H groups in total. The van der Waals surface area contributed by atoms with Crippen LogP contribution >= 0.6 is 22.6 Å². The third-order valence-corrected chi connectivity index (χ3v) is 3.52. The number of H-pyrrole nitrogens is 2. The van der Waals surface area contributed by atoms with Crippen molar-refractivity contribution >= 4 is 45.6 Å². The fourth-order valence-corrected chi connectivity index (χ4v) is 2.33. The molecule has 0 spiro atoms. The van der Waals surface area contributed by atoms with E-state index in [0.29, 0.717) is 11.0 Å². The lowest BCUT2D eigenvalue weighted by molar-refractivity contribution is 0.601. The number of hydrogen-bond donors (Lipinski definition) is 2. The molecule has 8 heteroatoms. The molecule has 0 atom stereocenters. The first-order valence-electron chi connectivity index (χ1n) is 6.12. The molecule has 0 saturated carbocycles. The van der Waals surface area contributed by atoms with Crippen molar-refractivity contribution < 1.29 is 4.42 Å². The highest BCUT2D eigenvalue weighted by Gasteiger charge is 2.05. The van der Waals surface area contributed by atoms with Gasteiger partial charge < -0.3 is 4.42 Å². The van der Waals surface area contributed by atoms with Crippen LogP contribution in [0.2, 0.25) is 0 Å². The zero-order valence-electron chi connectivity index (χ0n) is 10.9. The summed E-state index contributed by atoms with van der Waals surface area (Å²) in [6, 6.07) is 6.35. The molecule has 110 valence electrons. The number of halogens is 1. The normalized spacial score (nSPS) is 11.3. The highest BCUT2D eigenvalue weighted by Crippen LogP contribution is 2.15. The average molecular weight is 409 g/mol. The van der Waals surface area contributed by atoms with Crippen molar-refractivity contribution in [1.29, 1.82) is 0 Å². The van der Waals surface area contributed by atoms with E-state index in [2.05, 4.69) is 32.6 Å². The second-order valence-corrected chi connectivity index (χ2v) is 5.64. The number of aromatic amines is 2. The van der Waals surface area contributed by atoms with E-state index in [9.17, 15) is 14.4 Å². The Balaban J connectivity index is 2.07. The summed E-state index contributed by atoms with van der Waals surface area (Å²) in [4.78, 5) is 42.9. The molecule has 0 aliphatic heterocycles. The number of rotatable bonds is 2. The van der Waals surface area contributed by atoms with Gasteiger partial charge in [0.2, 0.25) is 5.43 Å². The molecule has 2 aromatic heterocycles. The minimum Gasteiger partial charge on any atom is -0.463 e. The standard InChI is InChI=1S/C14H8IN3O4/c15-8-1-2-9-10(3-8)22-6-7(13(9)20)5-16-11-4-12(19)18-14(21)17-11/h1-6H,(H2,17,18,19,21). The summed E-state index contributed by atoms with van der Waals surface area (Å²) in [5, 5.41) is 0.434. The third-order valence-electron chi connectivity index (χ3n) is 2.85. The molecule has 0 fully saturated rings. The maximum absolute atomic E-state index is 12.3. The Kier molecular flexibility index (Phi) is 3.75. The summed E-state index contributed by atoms with van der Waals surface area (Å²) in [6.07, 6.45) is 2.53. The summed E-state index contributed by atoms with van der Waals surface area (Å²) in [5.41, 5.74) is -0.780. The molecule has 0 unspecified atom stereocenters. The molecule has 3 aromatic rings. The van der Waals surface area contributed by atoms with E-state index in [1.807, 2.05) is 4.98 Å². The number of nitrogens with one attached hydrogen (secondary N) is 2. The Morgan fingerprint density at radius 1 is 1.14 bits per heavy atom. The van der Waals surface area contributed by atoms with Gasteiger partial charge in [0.1, 0.15) is 17.7 Å². The number of aromatic nitrogens is 2. The first-order valence-corrected chi connectivity index (χ1v) is 7.19. The molecule has 0 radical (unpaired) electrons. The molecule has 7 nitrogen and oxygen atoms in total. The fraction of sp³-hybridized carbons (Fsp3) is 0. The van der Waals surface area contributed by atoms with Gasteiger partial charge in [-0.2, -0.15) is 0 Å². The molecule has 1 aromatic carbocycles. The third kappa shape index (κ3) is 2.91. The number of benzene rings is 1. The summed E-state index contributed by atoms with van der Waals surface area (Å²) in [5.74, 6) is 0.0517. The maximum Gasteiger partial charge on any atom is 0.327 e. The van der Waals surface area contributed by atoms with Gasteiger partial charge in [-0.25, -0.2) is 9.79 Å². The molecular formula is C14H8IN3O4. The van der Waals surface area contributed by atoms with Crippen LogP contribution in [0.25, 0.3) is 11.0 Å². The lowest BCUT2D eigenvalue weighted by Crippen LogP contribution is -2.20. The van der Waals surface area contributed by atoms with Crippen molar-refractivity contribution in [2.45, 2.75) is 0 Å². The van der Waals surface area contributed by atoms with E-state index < -0.39 is 11.2 Å². The van der Waals surface area contributed by atoms with Crippen LogP contribution in [0.3, 0.4) is 0 Å². The quantitative estimate of drug-likeness (QED) is 0.494. The van der Waals surface area contributed by atoms with Gasteiger partial charge in [-0.05, 0) is 40.8 Å². The monoisotopic (exact) mass is 409 g/mol. The molecule has 0 amide bonds. The predicted octanol–water partition coefficient (Wildman–Crippen LogP) is 1.52. The molecule has 0 saturated heterocycles. The van der Waals surface area contributed by atoms with Crippen molar-refractivity contribution in [2.24, 2.45) is 4.99 Å². The Bertz CT molecular complexity index is 1030. The SMILES string of the molecule is O=c1cc(N=Cc2coc3cc(I)ccc3c2=O)[nH]c(=O)[nH]1. The second-order valence-electron chi connectivity index (χ2n) is 4.39. The van der Waals surface area contributed by atoms with Crippen molar-refractivity contribution in [3.63, 3.8) is 0 Å². The molecule has 2 heterocycles. The van der Waals surface area contributed by atoms with Crippen molar-refractivity contribution in [3.05, 3.63) is 70.7 Å². The predicted molar refractivity (Wildman–Crippen MR) is 90.1 cm³/mol. The van der Waals surface area contributed by atoms with Gasteiger partial charge in [0, 0.05) is 15.9 Å². The summed E-state index contributed by atoms with van der Waals surface area (Å²) in [7, 11) is 0. The largest absolute Gasteiger partial charge is 0.463 e. The Hall–Kier alpha value is -2.49. The number of fused-ring (bicyclic) bond motifs is 1. The van der Waals surface area contributed by atoms with Crippen LogP contribution in [-0.4, -0.2) is 16.2 Å². The van der Waals surface area contributed by atoms with Gasteiger partial charge in [-0.3, -0.25) is 19.6 Å². The van der Waals surface area contributed by atoms with Crippen LogP contribution in [0.15, 0.2) is 54.3 Å². The van der Waals surface area contributed by atoms with Crippen molar-refractivity contribution in [2.75, 3.05) is 0 Å². The van der Waals surface area contributed by atoms with Crippen LogP contribution in [0.1, 0.15) is 5.56 Å². The molecule has 22 heavy (non-hydrogen) atoms. The van der Waals surface area contributed by atoms with Crippen LogP contribution < -0.4 is 16.7 Å². The summed E-state index contributed by atoms with van der Waals surface area (Å²) in [6.45, 7) is 0. The van der Waals surface area contributed by atoms with E-state index in [-0.39, 0.29) is 16.8 Å². The van der Waals surface area contributed by atoms with E-state index >= 15 is 0 Å². The first kappa shape index (κ1) is 14.4. The number of hydrogen-bond acceptors (Lipinski definition) is 5. The van der Waals surface area contributed by atoms with Gasteiger partial charge in [-0.15, -0.1) is 0 Å².